The molecule has 2 amide bonds. The van der Waals surface area contributed by atoms with Gasteiger partial charge in [0.25, 0.3) is 0 Å². The van der Waals surface area contributed by atoms with Crippen molar-refractivity contribution < 1.29 is 14.7 Å². The van der Waals surface area contributed by atoms with Crippen LogP contribution in [0.3, 0.4) is 0 Å². The Hall–Kier alpha value is -1.56. The van der Waals surface area contributed by atoms with E-state index in [1.54, 1.807) is 6.92 Å². The predicted molar refractivity (Wildman–Crippen MR) is 82.1 cm³/mol. The summed E-state index contributed by atoms with van der Waals surface area (Å²) in [6.07, 6.45) is 0.300. The highest BCUT2D eigenvalue weighted by atomic mass is 79.9. The highest BCUT2D eigenvalue weighted by Gasteiger charge is 2.32. The summed E-state index contributed by atoms with van der Waals surface area (Å²) in [6, 6.07) is 3.11. The Morgan fingerprint density at radius 3 is 2.20 bits per heavy atom. The summed E-state index contributed by atoms with van der Waals surface area (Å²) < 4.78 is 0.993. The van der Waals surface area contributed by atoms with Crippen molar-refractivity contribution in [1.29, 1.82) is 0 Å². The van der Waals surface area contributed by atoms with E-state index in [2.05, 4.69) is 26.6 Å². The van der Waals surface area contributed by atoms with E-state index in [4.69, 9.17) is 5.11 Å². The molecule has 0 saturated carbocycles. The fourth-order valence-corrected chi connectivity index (χ4v) is 1.95. The van der Waals surface area contributed by atoms with Crippen LogP contribution in [0.5, 0.6) is 0 Å². The van der Waals surface area contributed by atoms with E-state index in [-0.39, 0.29) is 0 Å². The van der Waals surface area contributed by atoms with E-state index in [0.29, 0.717) is 12.1 Å². The minimum absolute atomic E-state index is 0.300. The molecule has 3 N–H and O–H groups in total. The molecule has 0 aliphatic rings. The van der Waals surface area contributed by atoms with Gasteiger partial charge in [-0.05, 0) is 50.5 Å². The summed E-state index contributed by atoms with van der Waals surface area (Å²) in [5.41, 5.74) is 1.35. The van der Waals surface area contributed by atoms with Crippen molar-refractivity contribution in [2.24, 2.45) is 0 Å². The molecule has 0 aromatic heterocycles. The van der Waals surface area contributed by atoms with Crippen LogP contribution >= 0.6 is 15.9 Å². The summed E-state index contributed by atoms with van der Waals surface area (Å²) in [4.78, 5) is 23.0. The maximum absolute atomic E-state index is 11.9. The zero-order chi connectivity index (χ0) is 15.5. The standard InChI is InChI=1S/C14H19BrN2O3/c1-5-14(4,12(18)19)17-13(20)16-10-6-8(2)11(15)9(3)7-10/h6-7H,5H2,1-4H3,(H,18,19)(H2,16,17,20). The van der Waals surface area contributed by atoms with Crippen LogP contribution in [0.2, 0.25) is 0 Å². The second-order valence-corrected chi connectivity index (χ2v) is 5.79. The molecule has 0 bridgehead atoms. The molecule has 0 fully saturated rings. The van der Waals surface area contributed by atoms with Crippen LogP contribution in [-0.4, -0.2) is 22.6 Å². The zero-order valence-electron chi connectivity index (χ0n) is 12.0. The van der Waals surface area contributed by atoms with Crippen LogP contribution < -0.4 is 10.6 Å². The van der Waals surface area contributed by atoms with Gasteiger partial charge in [-0.25, -0.2) is 9.59 Å². The molecule has 1 aromatic rings. The number of nitrogens with one attached hydrogen (secondary N) is 2. The number of aryl methyl sites for hydroxylation is 2. The molecule has 0 spiro atoms. The van der Waals surface area contributed by atoms with Crippen LogP contribution in [0.25, 0.3) is 0 Å². The fourth-order valence-electron chi connectivity index (χ4n) is 1.72. The largest absolute Gasteiger partial charge is 0.480 e. The monoisotopic (exact) mass is 342 g/mol. The molecule has 5 nitrogen and oxygen atoms in total. The van der Waals surface area contributed by atoms with Gasteiger partial charge in [0, 0.05) is 10.2 Å². The van der Waals surface area contributed by atoms with E-state index in [1.165, 1.54) is 6.92 Å². The first-order chi connectivity index (χ1) is 9.19. The third kappa shape index (κ3) is 3.72. The normalized spacial score (nSPS) is 13.4. The molecule has 1 aromatic carbocycles. The molecule has 20 heavy (non-hydrogen) atoms. The smallest absolute Gasteiger partial charge is 0.329 e. The van der Waals surface area contributed by atoms with Gasteiger partial charge >= 0.3 is 12.0 Å². The number of carbonyl (C=O) groups is 2. The average molecular weight is 343 g/mol. The second-order valence-electron chi connectivity index (χ2n) is 4.99. The highest BCUT2D eigenvalue weighted by molar-refractivity contribution is 9.10. The molecular weight excluding hydrogens is 324 g/mol. The summed E-state index contributed by atoms with van der Waals surface area (Å²) >= 11 is 3.45. The van der Waals surface area contributed by atoms with Gasteiger partial charge < -0.3 is 15.7 Å². The second kappa shape index (κ2) is 6.26. The Labute approximate surface area is 126 Å². The Balaban J connectivity index is 2.84. The lowest BCUT2D eigenvalue weighted by atomic mass is 10.00. The molecule has 6 heteroatoms. The van der Waals surface area contributed by atoms with E-state index in [1.807, 2.05) is 26.0 Å². The van der Waals surface area contributed by atoms with Gasteiger partial charge in [-0.1, -0.05) is 22.9 Å². The Kier molecular flexibility index (Phi) is 5.16. The molecule has 0 heterocycles. The number of amides is 2. The van der Waals surface area contributed by atoms with Gasteiger partial charge in [0.1, 0.15) is 5.54 Å². The summed E-state index contributed by atoms with van der Waals surface area (Å²) in [7, 11) is 0. The number of hydrogen-bond donors (Lipinski definition) is 3. The van der Waals surface area contributed by atoms with Crippen LogP contribution in [0, 0.1) is 13.8 Å². The number of benzene rings is 1. The van der Waals surface area contributed by atoms with Gasteiger partial charge in [-0.2, -0.15) is 0 Å². The van der Waals surface area contributed by atoms with E-state index < -0.39 is 17.5 Å². The summed E-state index contributed by atoms with van der Waals surface area (Å²) in [5, 5.41) is 14.3. The van der Waals surface area contributed by atoms with Crippen LogP contribution in [0.15, 0.2) is 16.6 Å². The molecule has 0 aliphatic carbocycles. The van der Waals surface area contributed by atoms with Gasteiger partial charge in [0.15, 0.2) is 0 Å². The zero-order valence-corrected chi connectivity index (χ0v) is 13.6. The molecule has 1 atom stereocenters. The molecule has 1 rings (SSSR count). The number of carbonyl (C=O) groups excluding carboxylic acids is 1. The van der Waals surface area contributed by atoms with Crippen molar-refractivity contribution in [2.45, 2.75) is 39.7 Å². The van der Waals surface area contributed by atoms with E-state index >= 15 is 0 Å². The van der Waals surface area contributed by atoms with Crippen LogP contribution in [0.4, 0.5) is 10.5 Å². The van der Waals surface area contributed by atoms with Gasteiger partial charge in [0.2, 0.25) is 0 Å². The Morgan fingerprint density at radius 2 is 1.80 bits per heavy atom. The molecular formula is C14H19BrN2O3. The van der Waals surface area contributed by atoms with Crippen molar-refractivity contribution in [2.75, 3.05) is 5.32 Å². The van der Waals surface area contributed by atoms with E-state index in [9.17, 15) is 9.59 Å². The minimum Gasteiger partial charge on any atom is -0.480 e. The van der Waals surface area contributed by atoms with Crippen molar-refractivity contribution in [3.63, 3.8) is 0 Å². The number of anilines is 1. The lowest BCUT2D eigenvalue weighted by Gasteiger charge is -2.24. The number of hydrogen-bond acceptors (Lipinski definition) is 2. The molecule has 0 radical (unpaired) electrons. The predicted octanol–water partition coefficient (Wildman–Crippen LogP) is 3.44. The van der Waals surface area contributed by atoms with Gasteiger partial charge in [-0.15, -0.1) is 0 Å². The number of aliphatic carboxylic acids is 1. The van der Waals surface area contributed by atoms with Crippen LogP contribution in [0.1, 0.15) is 31.4 Å². The lowest BCUT2D eigenvalue weighted by molar-refractivity contribution is -0.143. The number of carboxylic acid groups (broad SMARTS) is 1. The molecule has 0 aliphatic heterocycles. The summed E-state index contributed by atoms with van der Waals surface area (Å²) in [6.45, 7) is 7.04. The minimum atomic E-state index is -1.27. The maximum atomic E-state index is 11.9. The van der Waals surface area contributed by atoms with Gasteiger partial charge in [-0.3, -0.25) is 0 Å². The van der Waals surface area contributed by atoms with E-state index in [0.717, 1.165) is 15.6 Å². The number of halogens is 1. The third-order valence-electron chi connectivity index (χ3n) is 3.26. The first kappa shape index (κ1) is 16.5. The first-order valence-corrected chi connectivity index (χ1v) is 7.08. The molecule has 110 valence electrons. The average Bonchev–Trinajstić information content (AvgIpc) is 2.35. The molecule has 1 unspecified atom stereocenters. The topological polar surface area (TPSA) is 78.4 Å². The number of rotatable bonds is 4. The Morgan fingerprint density at radius 1 is 1.30 bits per heavy atom. The molecule has 0 saturated heterocycles. The van der Waals surface area contributed by atoms with Crippen molar-refractivity contribution in [1.82, 2.24) is 5.32 Å². The van der Waals surface area contributed by atoms with Crippen molar-refractivity contribution in [3.8, 4) is 0 Å². The van der Waals surface area contributed by atoms with Gasteiger partial charge in [0.05, 0.1) is 0 Å². The number of carboxylic acids is 1. The maximum Gasteiger partial charge on any atom is 0.329 e. The summed E-state index contributed by atoms with van der Waals surface area (Å²) in [5.74, 6) is -1.06. The first-order valence-electron chi connectivity index (χ1n) is 6.29. The van der Waals surface area contributed by atoms with Crippen LogP contribution in [-0.2, 0) is 4.79 Å². The Bertz CT molecular complexity index is 522. The van der Waals surface area contributed by atoms with Crippen molar-refractivity contribution >= 4 is 33.6 Å². The third-order valence-corrected chi connectivity index (χ3v) is 4.51. The number of urea groups is 1. The highest BCUT2D eigenvalue weighted by Crippen LogP contribution is 2.25. The SMILES string of the molecule is CCC(C)(NC(=O)Nc1cc(C)c(Br)c(C)c1)C(=O)O. The quantitative estimate of drug-likeness (QED) is 0.784. The fraction of sp³-hybridized carbons (Fsp3) is 0.429. The van der Waals surface area contributed by atoms with Crippen molar-refractivity contribution in [3.05, 3.63) is 27.7 Å². The lowest BCUT2D eigenvalue weighted by Crippen LogP contribution is -2.53.